The molecule has 0 radical (unpaired) electrons. The minimum Gasteiger partial charge on any atom is -0.392 e. The van der Waals surface area contributed by atoms with Gasteiger partial charge >= 0.3 is 0 Å². The van der Waals surface area contributed by atoms with Gasteiger partial charge in [0.2, 0.25) is 0 Å². The fourth-order valence-corrected chi connectivity index (χ4v) is 6.29. The van der Waals surface area contributed by atoms with Crippen LogP contribution in [0.4, 0.5) is 0 Å². The summed E-state index contributed by atoms with van der Waals surface area (Å²) in [7, 11) is 0. The summed E-state index contributed by atoms with van der Waals surface area (Å²) in [6, 6.07) is 0. The first-order chi connectivity index (χ1) is 17.3. The summed E-state index contributed by atoms with van der Waals surface area (Å²) in [6.45, 7) is 4.67. The maximum atomic E-state index is 9.75. The quantitative estimate of drug-likeness (QED) is 0.238. The van der Waals surface area contributed by atoms with Gasteiger partial charge < -0.3 is 24.1 Å². The third-order valence-corrected chi connectivity index (χ3v) is 8.31. The normalized spacial score (nSPS) is 33.9. The molecule has 2 saturated heterocycles. The lowest BCUT2D eigenvalue weighted by Gasteiger charge is -2.29. The lowest BCUT2D eigenvalue weighted by molar-refractivity contribution is -0.192. The third-order valence-electron chi connectivity index (χ3n) is 8.31. The van der Waals surface area contributed by atoms with Crippen molar-refractivity contribution in [3.8, 4) is 0 Å². The SMILES string of the molecule is CC=C(CO)C1=CC2C[C@@H](OC3CCCCO3)[C@H](C=CCCCCCCOC3CCCCO3)C2C1. The lowest BCUT2D eigenvalue weighted by atomic mass is 9.88. The van der Waals surface area contributed by atoms with Crippen LogP contribution in [0.15, 0.2) is 35.5 Å². The van der Waals surface area contributed by atoms with E-state index in [9.17, 15) is 5.11 Å². The van der Waals surface area contributed by atoms with E-state index in [2.05, 4.69) is 24.3 Å². The molecule has 4 unspecified atom stereocenters. The van der Waals surface area contributed by atoms with Crippen molar-refractivity contribution >= 4 is 0 Å². The van der Waals surface area contributed by atoms with Crippen molar-refractivity contribution in [2.75, 3.05) is 26.4 Å². The molecule has 0 spiro atoms. The molecular formula is C30H48O5. The predicted octanol–water partition coefficient (Wildman–Crippen LogP) is 6.47. The minimum atomic E-state index is -0.0308. The van der Waals surface area contributed by atoms with E-state index in [1.165, 1.54) is 44.1 Å². The average molecular weight is 489 g/mol. The highest BCUT2D eigenvalue weighted by Gasteiger charge is 2.45. The topological polar surface area (TPSA) is 57.2 Å². The largest absolute Gasteiger partial charge is 0.392 e. The molecule has 1 N–H and O–H groups in total. The Morgan fingerprint density at radius 2 is 1.80 bits per heavy atom. The first-order valence-corrected chi connectivity index (χ1v) is 14.4. The van der Waals surface area contributed by atoms with E-state index in [4.69, 9.17) is 18.9 Å². The fourth-order valence-electron chi connectivity index (χ4n) is 6.29. The number of ether oxygens (including phenoxy) is 4. The van der Waals surface area contributed by atoms with Crippen molar-refractivity contribution in [1.82, 2.24) is 0 Å². The Balaban J connectivity index is 1.21. The molecule has 2 aliphatic carbocycles. The number of aliphatic hydroxyl groups excluding tert-OH is 1. The molecule has 198 valence electrons. The molecule has 5 heteroatoms. The van der Waals surface area contributed by atoms with Crippen LogP contribution in [0.25, 0.3) is 0 Å². The Labute approximate surface area is 212 Å². The van der Waals surface area contributed by atoms with Gasteiger partial charge in [-0.25, -0.2) is 0 Å². The van der Waals surface area contributed by atoms with Gasteiger partial charge in [0.1, 0.15) is 0 Å². The van der Waals surface area contributed by atoms with E-state index in [1.54, 1.807) is 0 Å². The first-order valence-electron chi connectivity index (χ1n) is 14.4. The molecule has 0 aromatic heterocycles. The molecule has 3 fully saturated rings. The zero-order valence-corrected chi connectivity index (χ0v) is 21.9. The summed E-state index contributed by atoms with van der Waals surface area (Å²) < 4.78 is 23.9. The number of allylic oxidation sites excluding steroid dienone is 3. The number of unbranched alkanes of at least 4 members (excludes halogenated alkanes) is 4. The van der Waals surface area contributed by atoms with Gasteiger partial charge in [-0.1, -0.05) is 37.1 Å². The molecular weight excluding hydrogens is 440 g/mol. The monoisotopic (exact) mass is 488 g/mol. The van der Waals surface area contributed by atoms with Crippen molar-refractivity contribution in [2.45, 2.75) is 109 Å². The summed E-state index contributed by atoms with van der Waals surface area (Å²) in [4.78, 5) is 0. The number of fused-ring (bicyclic) bond motifs is 1. The lowest BCUT2D eigenvalue weighted by Crippen LogP contribution is -2.30. The summed E-state index contributed by atoms with van der Waals surface area (Å²) in [5.41, 5.74) is 2.44. The second-order valence-corrected chi connectivity index (χ2v) is 10.8. The highest BCUT2D eigenvalue weighted by Crippen LogP contribution is 2.50. The van der Waals surface area contributed by atoms with E-state index >= 15 is 0 Å². The third kappa shape index (κ3) is 8.00. The number of aliphatic hydroxyl groups is 1. The van der Waals surface area contributed by atoms with Crippen LogP contribution in [0.2, 0.25) is 0 Å². The van der Waals surface area contributed by atoms with E-state index in [1.807, 2.05) is 6.92 Å². The van der Waals surface area contributed by atoms with Gasteiger partial charge in [0.25, 0.3) is 0 Å². The molecule has 2 aliphatic heterocycles. The second kappa shape index (κ2) is 14.7. The first kappa shape index (κ1) is 27.1. The van der Waals surface area contributed by atoms with Crippen LogP contribution in [-0.4, -0.2) is 50.2 Å². The van der Waals surface area contributed by atoms with Crippen molar-refractivity contribution in [3.05, 3.63) is 35.5 Å². The van der Waals surface area contributed by atoms with Gasteiger partial charge in [-0.3, -0.25) is 0 Å². The standard InChI is InChI=1S/C30H48O5/c1-2-23(22-31)24-19-25-21-28(35-30-15-9-12-18-34-30)26(27(25)20-24)13-7-5-3-4-6-10-16-32-29-14-8-11-17-33-29/h2,7,13,19,25-31H,3-6,8-12,14-18,20-22H2,1H3/t25?,26-,27?,28-,29?,30?/m1/s1. The Kier molecular flexibility index (Phi) is 11.4. The molecule has 0 bridgehead atoms. The Morgan fingerprint density at radius 3 is 2.51 bits per heavy atom. The smallest absolute Gasteiger partial charge is 0.157 e. The van der Waals surface area contributed by atoms with Gasteiger partial charge in [-0.05, 0) is 101 Å². The van der Waals surface area contributed by atoms with Crippen LogP contribution in [0.3, 0.4) is 0 Å². The molecule has 0 aromatic carbocycles. The van der Waals surface area contributed by atoms with Crippen molar-refractivity contribution in [1.29, 1.82) is 0 Å². The second-order valence-electron chi connectivity index (χ2n) is 10.8. The maximum absolute atomic E-state index is 9.75. The number of hydrogen-bond acceptors (Lipinski definition) is 5. The summed E-state index contributed by atoms with van der Waals surface area (Å²) in [5, 5.41) is 9.75. The summed E-state index contributed by atoms with van der Waals surface area (Å²) >= 11 is 0. The van der Waals surface area contributed by atoms with Crippen molar-refractivity contribution < 1.29 is 24.1 Å². The van der Waals surface area contributed by atoms with Gasteiger partial charge in [0, 0.05) is 25.7 Å². The van der Waals surface area contributed by atoms with E-state index in [0.29, 0.717) is 17.8 Å². The number of hydrogen-bond donors (Lipinski definition) is 1. The fraction of sp³-hybridized carbons (Fsp3) is 0.800. The molecule has 0 amide bonds. The molecule has 5 nitrogen and oxygen atoms in total. The molecule has 6 atom stereocenters. The maximum Gasteiger partial charge on any atom is 0.157 e. The van der Waals surface area contributed by atoms with E-state index < -0.39 is 0 Å². The Morgan fingerprint density at radius 1 is 1.03 bits per heavy atom. The molecule has 2 heterocycles. The zero-order valence-electron chi connectivity index (χ0n) is 21.9. The zero-order chi connectivity index (χ0) is 24.3. The summed E-state index contributed by atoms with van der Waals surface area (Å²) in [6.07, 6.45) is 24.5. The summed E-state index contributed by atoms with van der Waals surface area (Å²) in [5.74, 6) is 1.55. The highest BCUT2D eigenvalue weighted by molar-refractivity contribution is 5.37. The van der Waals surface area contributed by atoms with Crippen LogP contribution >= 0.6 is 0 Å². The molecule has 4 rings (SSSR count). The van der Waals surface area contributed by atoms with Crippen LogP contribution in [-0.2, 0) is 18.9 Å². The predicted molar refractivity (Wildman–Crippen MR) is 139 cm³/mol. The van der Waals surface area contributed by atoms with E-state index in [0.717, 1.165) is 70.3 Å². The van der Waals surface area contributed by atoms with Crippen LogP contribution in [0.5, 0.6) is 0 Å². The highest BCUT2D eigenvalue weighted by atomic mass is 16.7. The number of rotatable bonds is 13. The minimum absolute atomic E-state index is 0.0308. The molecule has 0 aromatic rings. The van der Waals surface area contributed by atoms with Crippen LogP contribution in [0.1, 0.15) is 90.4 Å². The molecule has 35 heavy (non-hydrogen) atoms. The molecule has 4 aliphatic rings. The Hall–Kier alpha value is -0.980. The molecule has 1 saturated carbocycles. The van der Waals surface area contributed by atoms with Gasteiger partial charge in [0.05, 0.1) is 12.7 Å². The van der Waals surface area contributed by atoms with Gasteiger partial charge in [0.15, 0.2) is 12.6 Å². The average Bonchev–Trinajstić information content (AvgIpc) is 3.43. The Bertz CT molecular complexity index is 702. The van der Waals surface area contributed by atoms with Crippen molar-refractivity contribution in [2.24, 2.45) is 17.8 Å². The van der Waals surface area contributed by atoms with Gasteiger partial charge in [-0.2, -0.15) is 0 Å². The van der Waals surface area contributed by atoms with Gasteiger partial charge in [-0.15, -0.1) is 0 Å². The van der Waals surface area contributed by atoms with E-state index in [-0.39, 0.29) is 25.3 Å². The van der Waals surface area contributed by atoms with Crippen LogP contribution < -0.4 is 0 Å². The van der Waals surface area contributed by atoms with Crippen molar-refractivity contribution in [3.63, 3.8) is 0 Å². The van der Waals surface area contributed by atoms with Crippen LogP contribution in [0, 0.1) is 17.8 Å².